The number of unbranched alkanes of at least 4 members (excludes halogenated alkanes) is 2. The number of carbonyl (C=O) groups is 1. The van der Waals surface area contributed by atoms with Crippen LogP contribution >= 0.6 is 0 Å². The number of aliphatic hydroxyl groups excluding tert-OH is 2. The van der Waals surface area contributed by atoms with Gasteiger partial charge in [0.1, 0.15) is 24.4 Å². The lowest BCUT2D eigenvalue weighted by Crippen LogP contribution is -2.69. The van der Waals surface area contributed by atoms with Crippen LogP contribution in [0.25, 0.3) is 11.1 Å². The summed E-state index contributed by atoms with van der Waals surface area (Å²) in [7, 11) is -1.19. The van der Waals surface area contributed by atoms with Crippen LogP contribution in [0.1, 0.15) is 63.4 Å². The smallest absolute Gasteiger partial charge is 0.243 e. The number of rotatable bonds is 19. The number of ether oxygens (including phenoxy) is 3. The van der Waals surface area contributed by atoms with Crippen molar-refractivity contribution < 1.29 is 42.5 Å². The van der Waals surface area contributed by atoms with Crippen molar-refractivity contribution in [2.75, 3.05) is 39.3 Å². The number of aliphatic hydroxyl groups is 2. The summed E-state index contributed by atoms with van der Waals surface area (Å²) in [6.07, 6.45) is 8.38. The van der Waals surface area contributed by atoms with Gasteiger partial charge in [-0.05, 0) is 109 Å². The molecule has 1 heterocycles. The van der Waals surface area contributed by atoms with E-state index < -0.39 is 27.8 Å². The van der Waals surface area contributed by atoms with Crippen molar-refractivity contribution in [2.45, 2.75) is 74.5 Å². The zero-order valence-corrected chi connectivity index (χ0v) is 36.4. The summed E-state index contributed by atoms with van der Waals surface area (Å²) in [5.74, 6) is -0.837. The maximum absolute atomic E-state index is 14.7. The van der Waals surface area contributed by atoms with Crippen LogP contribution in [0.15, 0.2) is 131 Å². The van der Waals surface area contributed by atoms with Gasteiger partial charge < -0.3 is 34.6 Å². The monoisotopic (exact) mass is 863 g/mol. The zero-order valence-electron chi connectivity index (χ0n) is 35.6. The molecule has 3 aliphatic rings. The minimum atomic E-state index is -4.21. The van der Waals surface area contributed by atoms with Crippen LogP contribution in [0, 0.1) is 17.8 Å². The summed E-state index contributed by atoms with van der Waals surface area (Å²) in [5, 5.41) is 27.0. The highest BCUT2D eigenvalue weighted by atomic mass is 32.2. The minimum Gasteiger partial charge on any atom is -0.460 e. The molecule has 1 saturated carbocycles. The van der Waals surface area contributed by atoms with Crippen molar-refractivity contribution in [3.05, 3.63) is 127 Å². The Morgan fingerprint density at radius 2 is 1.61 bits per heavy atom. The first kappa shape index (κ1) is 44.7. The molecule has 0 saturated heterocycles. The second-order valence-electron chi connectivity index (χ2n) is 16.2. The first-order valence-corrected chi connectivity index (χ1v) is 22.8. The van der Waals surface area contributed by atoms with E-state index in [2.05, 4.69) is 35.3 Å². The maximum Gasteiger partial charge on any atom is 0.243 e. The Morgan fingerprint density at radius 1 is 0.935 bits per heavy atom. The molecule has 0 bridgehead atoms. The first-order chi connectivity index (χ1) is 30.0. The number of hydrogen-bond donors (Lipinski definition) is 3. The SMILES string of the molecule is C=CCO[C@@]12Oc3ccc(Oc4ccc(-c5ccccc5)cc4)cc3[C@H]3[C@H](CCCCO)[C@@H](CCCCO)C=C(C(=NOC)C[C@@H]1N(C)S(=O)(=O)c1ccc(NC(C)=O)cc1)[C@H]32. The fourth-order valence-electron chi connectivity index (χ4n) is 9.61. The molecule has 13 heteroatoms. The average Bonchev–Trinajstić information content (AvgIpc) is 3.27. The molecule has 0 radical (unpaired) electrons. The largest absolute Gasteiger partial charge is 0.460 e. The molecule has 0 aromatic heterocycles. The molecule has 328 valence electrons. The molecule has 1 amide bonds. The Labute approximate surface area is 364 Å². The maximum atomic E-state index is 14.7. The minimum absolute atomic E-state index is 0.00506. The second kappa shape index (κ2) is 19.8. The Balaban J connectivity index is 1.37. The van der Waals surface area contributed by atoms with Crippen LogP contribution in [0.5, 0.6) is 17.2 Å². The van der Waals surface area contributed by atoms with Crippen LogP contribution in [0.3, 0.4) is 0 Å². The Kier molecular flexibility index (Phi) is 14.3. The second-order valence-corrected chi connectivity index (χ2v) is 18.2. The molecule has 1 fully saturated rings. The molecule has 4 aromatic carbocycles. The summed E-state index contributed by atoms with van der Waals surface area (Å²) in [5.41, 5.74) is 5.00. The number of fused-ring (bicyclic) bond motifs is 2. The number of nitrogens with one attached hydrogen (secondary N) is 1. The van der Waals surface area contributed by atoms with Gasteiger partial charge in [-0.25, -0.2) is 8.42 Å². The molecule has 0 unspecified atom stereocenters. The van der Waals surface area contributed by atoms with Gasteiger partial charge in [-0.1, -0.05) is 72.6 Å². The highest BCUT2D eigenvalue weighted by Crippen LogP contribution is 2.62. The van der Waals surface area contributed by atoms with Crippen molar-refractivity contribution in [2.24, 2.45) is 22.9 Å². The summed E-state index contributed by atoms with van der Waals surface area (Å²) in [6, 6.07) is 29.0. The number of allylic oxidation sites excluding steroid dienone is 1. The Morgan fingerprint density at radius 3 is 2.27 bits per heavy atom. The fraction of sp³-hybridized carbons (Fsp3) is 0.388. The summed E-state index contributed by atoms with van der Waals surface area (Å²) < 4.78 is 51.5. The number of sulfonamides is 1. The molecule has 3 N–H and O–H groups in total. The van der Waals surface area contributed by atoms with Crippen LogP contribution in [0.2, 0.25) is 0 Å². The number of hydrogen-bond acceptors (Lipinski definition) is 10. The first-order valence-electron chi connectivity index (χ1n) is 21.3. The highest BCUT2D eigenvalue weighted by Gasteiger charge is 2.65. The molecule has 2 aliphatic carbocycles. The van der Waals surface area contributed by atoms with Crippen LogP contribution in [-0.4, -0.2) is 80.4 Å². The van der Waals surface area contributed by atoms with E-state index in [4.69, 9.17) is 19.0 Å². The molecular formula is C49H57N3O9S. The molecule has 1 aliphatic heterocycles. The fourth-order valence-corrected chi connectivity index (χ4v) is 11.0. The van der Waals surface area contributed by atoms with E-state index >= 15 is 0 Å². The number of nitrogens with zero attached hydrogens (tertiary/aromatic N) is 2. The van der Waals surface area contributed by atoms with Gasteiger partial charge in [0.05, 0.1) is 29.2 Å². The van der Waals surface area contributed by atoms with Crippen molar-refractivity contribution in [1.82, 2.24) is 4.31 Å². The predicted molar refractivity (Wildman–Crippen MR) is 240 cm³/mol. The summed E-state index contributed by atoms with van der Waals surface area (Å²) in [6.45, 7) is 5.56. The average molecular weight is 864 g/mol. The standard InChI is InChI=1S/C49H57N3O9S/c1-5-29-59-49-46(52(3)62(56,57)40-24-19-37(20-25-40)50-33(2)55)32-44(51-58-4)42-30-36(15-9-11-27-53)41(16-10-12-28-54)47(48(42)49)43-31-39(23-26-45(43)61-49)60-38-21-17-35(18-22-38)34-13-7-6-8-14-34/h5-8,13-14,17-26,30-31,36,41,46-48,53-54H,1,9-12,15-16,27-29,32H2,2-4H3,(H,50,55)/t36-,41+,46-,47+,48+,49+/m0/s1. The van der Waals surface area contributed by atoms with E-state index in [1.54, 1.807) is 18.2 Å². The van der Waals surface area contributed by atoms with E-state index in [9.17, 15) is 23.4 Å². The van der Waals surface area contributed by atoms with Crippen molar-refractivity contribution >= 4 is 27.3 Å². The quantitative estimate of drug-likeness (QED) is 0.0477. The third kappa shape index (κ3) is 9.23. The highest BCUT2D eigenvalue weighted by molar-refractivity contribution is 7.89. The van der Waals surface area contributed by atoms with Crippen LogP contribution < -0.4 is 14.8 Å². The number of likely N-dealkylation sites (N-methyl/N-ethyl adjacent to an activating group) is 1. The van der Waals surface area contributed by atoms with E-state index in [1.807, 2.05) is 60.7 Å². The normalized spacial score (nSPS) is 23.4. The van der Waals surface area contributed by atoms with Gasteiger partial charge >= 0.3 is 0 Å². The molecule has 12 nitrogen and oxygen atoms in total. The van der Waals surface area contributed by atoms with E-state index in [0.717, 1.165) is 47.9 Å². The van der Waals surface area contributed by atoms with Gasteiger partial charge in [-0.3, -0.25) is 4.79 Å². The molecule has 7 rings (SSSR count). The third-order valence-corrected chi connectivity index (χ3v) is 14.2. The molecule has 0 spiro atoms. The number of oxime groups is 1. The number of amides is 1. The number of carbonyl (C=O) groups excluding carboxylic acids is 1. The van der Waals surface area contributed by atoms with Crippen LogP contribution in [0.4, 0.5) is 5.69 Å². The van der Waals surface area contributed by atoms with Crippen molar-refractivity contribution in [1.29, 1.82) is 0 Å². The van der Waals surface area contributed by atoms with E-state index in [-0.39, 0.29) is 54.8 Å². The van der Waals surface area contributed by atoms with Gasteiger partial charge in [-0.2, -0.15) is 4.31 Å². The third-order valence-electron chi connectivity index (χ3n) is 12.3. The Hall–Kier alpha value is -5.31. The molecule has 6 atom stereocenters. The number of benzene rings is 4. The Bertz CT molecular complexity index is 2350. The van der Waals surface area contributed by atoms with Gasteiger partial charge in [0.2, 0.25) is 21.7 Å². The molecule has 4 aromatic rings. The summed E-state index contributed by atoms with van der Waals surface area (Å²) >= 11 is 0. The van der Waals surface area contributed by atoms with Crippen LogP contribution in [-0.2, 0) is 24.4 Å². The molecule has 62 heavy (non-hydrogen) atoms. The summed E-state index contributed by atoms with van der Waals surface area (Å²) in [4.78, 5) is 17.3. The topological polar surface area (TPSA) is 156 Å². The van der Waals surface area contributed by atoms with Gasteiger partial charge in [0.25, 0.3) is 0 Å². The predicted octanol–water partition coefficient (Wildman–Crippen LogP) is 8.69. The molecular weight excluding hydrogens is 807 g/mol. The lowest BCUT2D eigenvalue weighted by atomic mass is 9.55. The van der Waals surface area contributed by atoms with E-state index in [0.29, 0.717) is 41.5 Å². The van der Waals surface area contributed by atoms with Gasteiger partial charge in [0.15, 0.2) is 0 Å². The lowest BCUT2D eigenvalue weighted by Gasteiger charge is -2.59. The van der Waals surface area contributed by atoms with Crippen molar-refractivity contribution in [3.63, 3.8) is 0 Å². The van der Waals surface area contributed by atoms with E-state index in [1.165, 1.54) is 37.5 Å². The van der Waals surface area contributed by atoms with Gasteiger partial charge in [0, 0.05) is 50.8 Å². The lowest BCUT2D eigenvalue weighted by molar-refractivity contribution is -0.250. The van der Waals surface area contributed by atoms with Gasteiger partial charge in [-0.15, -0.1) is 6.58 Å². The number of anilines is 1. The zero-order chi connectivity index (χ0) is 43.9. The van der Waals surface area contributed by atoms with Crippen molar-refractivity contribution in [3.8, 4) is 28.4 Å².